The van der Waals surface area contributed by atoms with Gasteiger partial charge in [0.15, 0.2) is 0 Å². The van der Waals surface area contributed by atoms with Gasteiger partial charge >= 0.3 is 0 Å². The predicted molar refractivity (Wildman–Crippen MR) is 184 cm³/mol. The van der Waals surface area contributed by atoms with Crippen molar-refractivity contribution < 1.29 is 33.7 Å². The van der Waals surface area contributed by atoms with Gasteiger partial charge in [0.25, 0.3) is 11.8 Å². The van der Waals surface area contributed by atoms with Gasteiger partial charge in [0.2, 0.25) is 5.91 Å². The minimum atomic E-state index is -0.782. The molecule has 1 N–H and O–H groups in total. The van der Waals surface area contributed by atoms with Crippen molar-refractivity contribution >= 4 is 17.7 Å². The third kappa shape index (κ3) is 7.53. The van der Waals surface area contributed by atoms with Crippen LogP contribution in [0.5, 0.6) is 11.5 Å². The first-order valence-corrected chi connectivity index (χ1v) is 16.8. The molecule has 6 rings (SSSR count). The Morgan fingerprint density at radius 1 is 0.714 bits per heavy atom. The van der Waals surface area contributed by atoms with E-state index in [4.69, 9.17) is 14.2 Å². The minimum absolute atomic E-state index is 0.0315. The monoisotopic (exact) mass is 662 g/mol. The Hall–Kier alpha value is -4.99. The smallest absolute Gasteiger partial charge is 0.261 e. The number of nitrogens with zero attached hydrogens (tertiary/aromatic N) is 2. The number of fused-ring (bicyclic) bond motifs is 1. The third-order valence-electron chi connectivity index (χ3n) is 9.47. The van der Waals surface area contributed by atoms with Gasteiger partial charge < -0.3 is 24.2 Å². The summed E-state index contributed by atoms with van der Waals surface area (Å²) in [6, 6.07) is 32.2. The van der Waals surface area contributed by atoms with Crippen molar-refractivity contribution in [2.24, 2.45) is 5.92 Å². The van der Waals surface area contributed by atoms with Crippen molar-refractivity contribution in [2.75, 3.05) is 33.9 Å². The average molecular weight is 663 g/mol. The summed E-state index contributed by atoms with van der Waals surface area (Å²) in [7, 11) is 3.26. The van der Waals surface area contributed by atoms with E-state index in [1.165, 1.54) is 4.90 Å². The number of unbranched alkanes of at least 4 members (excludes halogenated alkanes) is 2. The Morgan fingerprint density at radius 3 is 1.82 bits per heavy atom. The first kappa shape index (κ1) is 33.9. The predicted octanol–water partition coefficient (Wildman–Crippen LogP) is 6.23. The zero-order chi connectivity index (χ0) is 34.3. The van der Waals surface area contributed by atoms with Crippen molar-refractivity contribution in [3.63, 3.8) is 0 Å². The number of likely N-dealkylation sites (tertiary alicyclic amines) is 1. The van der Waals surface area contributed by atoms with Crippen LogP contribution in [0.2, 0.25) is 0 Å². The first-order chi connectivity index (χ1) is 23.9. The Labute approximate surface area is 287 Å². The fourth-order valence-electron chi connectivity index (χ4n) is 6.76. The molecule has 0 saturated carbocycles. The SMILES string of the molecule is COc1ccc(C(OC(c2ccccc2)C2CN(C(=O)CCCCCN3C(=O)c4ccccc4C3=O)CC2O)c2ccc(OC)cc2)cc1. The number of hydrogen-bond acceptors (Lipinski definition) is 7. The summed E-state index contributed by atoms with van der Waals surface area (Å²) < 4.78 is 17.8. The van der Waals surface area contributed by atoms with Gasteiger partial charge in [-0.25, -0.2) is 0 Å². The summed E-state index contributed by atoms with van der Waals surface area (Å²) in [6.07, 6.45) is 0.485. The summed E-state index contributed by atoms with van der Waals surface area (Å²) >= 11 is 0. The van der Waals surface area contributed by atoms with Crippen LogP contribution in [-0.4, -0.2) is 72.6 Å². The lowest BCUT2D eigenvalue weighted by molar-refractivity contribution is -0.130. The number of amides is 3. The second-order valence-electron chi connectivity index (χ2n) is 12.5. The topological polar surface area (TPSA) is 106 Å². The summed E-state index contributed by atoms with van der Waals surface area (Å²) in [5, 5.41) is 11.4. The molecule has 0 aliphatic carbocycles. The van der Waals surface area contributed by atoms with E-state index in [2.05, 4.69) is 0 Å². The molecule has 3 atom stereocenters. The maximum Gasteiger partial charge on any atom is 0.261 e. The van der Waals surface area contributed by atoms with Crippen LogP contribution in [0.3, 0.4) is 0 Å². The molecule has 0 spiro atoms. The van der Waals surface area contributed by atoms with Gasteiger partial charge in [0.05, 0.1) is 37.6 Å². The molecule has 2 heterocycles. The van der Waals surface area contributed by atoms with Crippen LogP contribution < -0.4 is 9.47 Å². The van der Waals surface area contributed by atoms with Crippen molar-refractivity contribution in [3.8, 4) is 11.5 Å². The van der Waals surface area contributed by atoms with Gasteiger partial charge in [0.1, 0.15) is 17.6 Å². The van der Waals surface area contributed by atoms with Crippen LogP contribution in [0.4, 0.5) is 0 Å². The van der Waals surface area contributed by atoms with E-state index in [0.29, 0.717) is 49.9 Å². The van der Waals surface area contributed by atoms with E-state index in [9.17, 15) is 19.5 Å². The molecule has 1 saturated heterocycles. The maximum absolute atomic E-state index is 13.4. The number of aliphatic hydroxyl groups is 1. The van der Waals surface area contributed by atoms with Gasteiger partial charge in [-0.2, -0.15) is 0 Å². The summed E-state index contributed by atoms with van der Waals surface area (Å²) in [6.45, 7) is 0.901. The molecule has 9 heteroatoms. The highest BCUT2D eigenvalue weighted by Crippen LogP contribution is 2.40. The maximum atomic E-state index is 13.4. The lowest BCUT2D eigenvalue weighted by Gasteiger charge is -2.31. The average Bonchev–Trinajstić information content (AvgIpc) is 3.65. The fourth-order valence-corrected chi connectivity index (χ4v) is 6.76. The largest absolute Gasteiger partial charge is 0.497 e. The zero-order valence-corrected chi connectivity index (χ0v) is 27.9. The molecule has 2 aliphatic heterocycles. The molecule has 49 heavy (non-hydrogen) atoms. The van der Waals surface area contributed by atoms with Crippen molar-refractivity contribution in [3.05, 3.63) is 131 Å². The minimum Gasteiger partial charge on any atom is -0.497 e. The quantitative estimate of drug-likeness (QED) is 0.126. The molecule has 2 aliphatic rings. The highest BCUT2D eigenvalue weighted by atomic mass is 16.5. The number of rotatable bonds is 14. The van der Waals surface area contributed by atoms with Crippen LogP contribution in [0, 0.1) is 5.92 Å². The number of ether oxygens (including phenoxy) is 3. The Morgan fingerprint density at radius 2 is 1.27 bits per heavy atom. The number of methoxy groups -OCH3 is 2. The van der Waals surface area contributed by atoms with E-state index in [1.807, 2.05) is 78.9 Å². The highest BCUT2D eigenvalue weighted by molar-refractivity contribution is 6.21. The van der Waals surface area contributed by atoms with E-state index in [-0.39, 0.29) is 30.2 Å². The number of carbonyl (C=O) groups excluding carboxylic acids is 3. The van der Waals surface area contributed by atoms with Crippen molar-refractivity contribution in [2.45, 2.75) is 44.0 Å². The summed E-state index contributed by atoms with van der Waals surface area (Å²) in [5.41, 5.74) is 3.66. The lowest BCUT2D eigenvalue weighted by Crippen LogP contribution is -2.31. The molecule has 3 amide bonds. The van der Waals surface area contributed by atoms with Crippen LogP contribution in [-0.2, 0) is 9.53 Å². The molecule has 1 fully saturated rings. The van der Waals surface area contributed by atoms with Crippen molar-refractivity contribution in [1.82, 2.24) is 9.80 Å². The molecule has 0 radical (unpaired) electrons. The molecule has 4 aromatic rings. The molecular weight excluding hydrogens is 620 g/mol. The summed E-state index contributed by atoms with van der Waals surface area (Å²) in [4.78, 5) is 41.7. The Kier molecular flexibility index (Phi) is 10.7. The normalized spacial score (nSPS) is 17.8. The standard InChI is InChI=1S/C40H42N2O7/c1-47-30-20-16-28(17-21-30)37(29-18-22-31(48-2)23-19-29)49-38(27-11-5-3-6-12-27)34-25-41(26-35(34)43)36(44)15-7-4-10-24-42-39(45)32-13-8-9-14-33(32)40(42)46/h3,5-6,8-9,11-14,16-23,34-35,37-38,43H,4,7,10,15,24-26H2,1-2H3. The Bertz CT molecular complexity index is 1660. The number of aliphatic hydroxyl groups excluding tert-OH is 1. The van der Waals surface area contributed by atoms with Gasteiger partial charge in [-0.05, 0) is 65.9 Å². The number of carbonyl (C=O) groups is 3. The lowest BCUT2D eigenvalue weighted by atomic mass is 9.91. The van der Waals surface area contributed by atoms with E-state index in [1.54, 1.807) is 43.4 Å². The molecule has 9 nitrogen and oxygen atoms in total. The molecule has 4 aromatic carbocycles. The molecule has 0 aromatic heterocycles. The highest BCUT2D eigenvalue weighted by Gasteiger charge is 2.41. The fraction of sp³-hybridized carbons (Fsp3) is 0.325. The van der Waals surface area contributed by atoms with Gasteiger partial charge in [-0.15, -0.1) is 0 Å². The first-order valence-electron chi connectivity index (χ1n) is 16.8. The number of imide groups is 1. The third-order valence-corrected chi connectivity index (χ3v) is 9.47. The number of β-amino-alcohol motifs (C(OH)–C–C–N with tert-alkyl or cyclic N) is 1. The van der Waals surface area contributed by atoms with E-state index in [0.717, 1.165) is 28.2 Å². The van der Waals surface area contributed by atoms with E-state index < -0.39 is 18.3 Å². The van der Waals surface area contributed by atoms with Crippen LogP contribution in [0.25, 0.3) is 0 Å². The van der Waals surface area contributed by atoms with Crippen LogP contribution in [0.15, 0.2) is 103 Å². The van der Waals surface area contributed by atoms with Gasteiger partial charge in [0, 0.05) is 32.0 Å². The molecule has 3 unspecified atom stereocenters. The number of hydrogen-bond donors (Lipinski definition) is 1. The molecule has 254 valence electrons. The van der Waals surface area contributed by atoms with Crippen LogP contribution in [0.1, 0.15) is 75.3 Å². The molecule has 0 bridgehead atoms. The van der Waals surface area contributed by atoms with Crippen LogP contribution >= 0.6 is 0 Å². The van der Waals surface area contributed by atoms with Gasteiger partial charge in [-0.3, -0.25) is 19.3 Å². The number of benzene rings is 4. The zero-order valence-electron chi connectivity index (χ0n) is 27.9. The van der Waals surface area contributed by atoms with Crippen molar-refractivity contribution in [1.29, 1.82) is 0 Å². The molecular formula is C40H42N2O7. The van der Waals surface area contributed by atoms with E-state index >= 15 is 0 Å². The van der Waals surface area contributed by atoms with Gasteiger partial charge in [-0.1, -0.05) is 73.2 Å². The summed E-state index contributed by atoms with van der Waals surface area (Å²) in [5.74, 6) is 0.562. The Balaban J connectivity index is 1.11. The second kappa shape index (κ2) is 15.5. The second-order valence-corrected chi connectivity index (χ2v) is 12.5.